The lowest BCUT2D eigenvalue weighted by molar-refractivity contribution is -0.0554. The van der Waals surface area contributed by atoms with Gasteiger partial charge in [0.1, 0.15) is 24.0 Å². The van der Waals surface area contributed by atoms with Crippen molar-refractivity contribution in [1.29, 1.82) is 0 Å². The van der Waals surface area contributed by atoms with Crippen molar-refractivity contribution in [3.8, 4) is 0 Å². The first-order valence-corrected chi connectivity index (χ1v) is 12.2. The first kappa shape index (κ1) is 24.4. The molecule has 2 rings (SSSR count). The molecule has 0 bridgehead atoms. The minimum absolute atomic E-state index is 0.0304. The van der Waals surface area contributed by atoms with Crippen molar-refractivity contribution in [3.05, 3.63) is 24.2 Å². The normalized spacial score (nSPS) is 29.8. The Hall–Kier alpha value is -0.920. The largest absolute Gasteiger partial charge is 0.490 e. The Morgan fingerprint density at radius 1 is 1.28 bits per heavy atom. The molecule has 2 heterocycles. The molecule has 1 saturated heterocycles. The zero-order valence-electron chi connectivity index (χ0n) is 14.8. The highest BCUT2D eigenvalue weighted by Crippen LogP contribution is 2.66. The van der Waals surface area contributed by atoms with Crippen LogP contribution in [0.25, 0.3) is 0 Å². The number of aliphatic hydroxyl groups is 1. The number of aliphatic hydroxyl groups excluding tert-OH is 1. The Balaban J connectivity index is 1.96. The van der Waals surface area contributed by atoms with Gasteiger partial charge in [-0.25, -0.2) is 18.7 Å². The number of phosphoric acid groups is 3. The van der Waals surface area contributed by atoms with E-state index < -0.39 is 48.5 Å². The van der Waals surface area contributed by atoms with Gasteiger partial charge in [-0.1, -0.05) is 6.58 Å². The first-order chi connectivity index (χ1) is 13.1. The fourth-order valence-electron chi connectivity index (χ4n) is 2.39. The van der Waals surface area contributed by atoms with Gasteiger partial charge in [-0.05, 0) is 6.92 Å². The molecule has 1 fully saturated rings. The van der Waals surface area contributed by atoms with Crippen molar-refractivity contribution < 1.29 is 56.3 Å². The minimum atomic E-state index is -5.63. The number of nitrogens with zero attached hydrogens (tertiary/aromatic N) is 2. The molecule has 0 spiro atoms. The Labute approximate surface area is 164 Å². The first-order valence-electron chi connectivity index (χ1n) is 7.71. The highest BCUT2D eigenvalue weighted by molar-refractivity contribution is 7.66. The van der Waals surface area contributed by atoms with Crippen LogP contribution in [0.4, 0.5) is 0 Å². The van der Waals surface area contributed by atoms with Gasteiger partial charge in [-0.2, -0.15) is 8.62 Å². The van der Waals surface area contributed by atoms with Gasteiger partial charge in [0.2, 0.25) is 0 Å². The lowest BCUT2D eigenvalue weighted by Gasteiger charge is -2.30. The van der Waals surface area contributed by atoms with Gasteiger partial charge in [-0.15, -0.1) is 0 Å². The molecule has 5 unspecified atom stereocenters. The van der Waals surface area contributed by atoms with Crippen LogP contribution in [-0.4, -0.2) is 60.5 Å². The second kappa shape index (κ2) is 8.67. The molecule has 0 amide bonds. The third-order valence-electron chi connectivity index (χ3n) is 3.62. The highest BCUT2D eigenvalue weighted by Gasteiger charge is 2.43. The Morgan fingerprint density at radius 3 is 2.48 bits per heavy atom. The van der Waals surface area contributed by atoms with E-state index in [1.165, 1.54) is 4.90 Å². The Morgan fingerprint density at radius 2 is 1.90 bits per heavy atom. The van der Waals surface area contributed by atoms with Crippen LogP contribution in [-0.2, 0) is 31.6 Å². The molecule has 2 aliphatic rings. The van der Waals surface area contributed by atoms with Crippen LogP contribution in [0.2, 0.25) is 0 Å². The average molecular weight is 479 g/mol. The number of hydrogen-bond donors (Lipinski definition) is 6. The summed E-state index contributed by atoms with van der Waals surface area (Å²) in [6.45, 7) is 4.63. The number of nitrogens with two attached hydrogens (primary N) is 1. The van der Waals surface area contributed by atoms with E-state index in [1.807, 2.05) is 0 Å². The molecule has 0 saturated carbocycles. The number of aliphatic imine (C=N–C) groups is 1. The van der Waals surface area contributed by atoms with E-state index in [0.717, 1.165) is 0 Å². The van der Waals surface area contributed by atoms with Gasteiger partial charge >= 0.3 is 23.5 Å². The minimum Gasteiger partial charge on any atom is -0.390 e. The number of ether oxygens (including phenoxy) is 1. The number of rotatable bonds is 8. The standard InChI is InChI=1S/C11H20N3O12P3/c1-6-4-14(7(2)13-11(6)12)10-3-8(15)9(24-10)5-23-28(19,20)26-29(21,22)25-27(16,17)18/h4,8-10,15H,2-3,5H2,1H3,(H2,12,13)(H,19,20)(H,21,22)(H2,16,17,18). The van der Waals surface area contributed by atoms with E-state index in [9.17, 15) is 23.7 Å². The molecule has 0 aromatic rings. The third-order valence-corrected chi connectivity index (χ3v) is 7.42. The maximum atomic E-state index is 11.7. The van der Waals surface area contributed by atoms with Crippen LogP contribution in [0, 0.1) is 0 Å². The average Bonchev–Trinajstić information content (AvgIpc) is 2.86. The SMILES string of the molecule is C=C1N=C(N)C(C)=CN1C1CC(O)C(COP(=O)(O)OP(=O)(O)OP(=O)(O)O)O1. The Bertz CT molecular complexity index is 868. The van der Waals surface area contributed by atoms with Crippen LogP contribution < -0.4 is 5.73 Å². The van der Waals surface area contributed by atoms with E-state index in [-0.39, 0.29) is 18.1 Å². The lowest BCUT2D eigenvalue weighted by Crippen LogP contribution is -2.34. The molecule has 2 aliphatic heterocycles. The molecular formula is C11H20N3O12P3. The summed E-state index contributed by atoms with van der Waals surface area (Å²) in [6.07, 6.45) is -1.47. The molecule has 0 aromatic carbocycles. The van der Waals surface area contributed by atoms with Crippen LogP contribution in [0.3, 0.4) is 0 Å². The van der Waals surface area contributed by atoms with Crippen LogP contribution in [0.15, 0.2) is 29.2 Å². The van der Waals surface area contributed by atoms with Gasteiger partial charge < -0.3 is 40.1 Å². The second-order valence-electron chi connectivity index (χ2n) is 5.95. The molecule has 15 nitrogen and oxygen atoms in total. The summed E-state index contributed by atoms with van der Waals surface area (Å²) in [5.74, 6) is 0.493. The topological polar surface area (TPSA) is 231 Å². The van der Waals surface area contributed by atoms with E-state index in [2.05, 4.69) is 24.7 Å². The van der Waals surface area contributed by atoms with E-state index in [0.29, 0.717) is 5.57 Å². The molecule has 0 radical (unpaired) electrons. The molecule has 0 aromatic heterocycles. The van der Waals surface area contributed by atoms with E-state index >= 15 is 0 Å². The maximum absolute atomic E-state index is 11.7. The summed E-state index contributed by atoms with van der Waals surface area (Å²) in [5, 5.41) is 10.1. The molecule has 29 heavy (non-hydrogen) atoms. The predicted octanol–water partition coefficient (Wildman–Crippen LogP) is -0.147. The van der Waals surface area contributed by atoms with Gasteiger partial charge in [0.05, 0.1) is 12.7 Å². The third kappa shape index (κ3) is 7.07. The highest BCUT2D eigenvalue weighted by atomic mass is 31.3. The fourth-order valence-corrected chi connectivity index (χ4v) is 5.42. The zero-order chi connectivity index (χ0) is 22.2. The monoisotopic (exact) mass is 479 g/mol. The summed E-state index contributed by atoms with van der Waals surface area (Å²) in [5.41, 5.74) is 6.30. The smallest absolute Gasteiger partial charge is 0.390 e. The van der Waals surface area contributed by atoms with E-state index in [4.69, 9.17) is 25.2 Å². The second-order valence-corrected chi connectivity index (χ2v) is 10.4. The quantitative estimate of drug-likeness (QED) is 0.249. The molecule has 18 heteroatoms. The summed E-state index contributed by atoms with van der Waals surface area (Å²) in [6, 6.07) is 0. The summed E-state index contributed by atoms with van der Waals surface area (Å²) in [7, 11) is -16.4. The predicted molar refractivity (Wildman–Crippen MR) is 95.5 cm³/mol. The van der Waals surface area contributed by atoms with Crippen molar-refractivity contribution in [2.24, 2.45) is 10.7 Å². The van der Waals surface area contributed by atoms with Crippen molar-refractivity contribution in [1.82, 2.24) is 4.90 Å². The number of amidine groups is 1. The summed E-state index contributed by atoms with van der Waals surface area (Å²) in [4.78, 5) is 41.0. The zero-order valence-corrected chi connectivity index (χ0v) is 17.5. The van der Waals surface area contributed by atoms with Crippen LogP contribution in [0.1, 0.15) is 13.3 Å². The molecular weight excluding hydrogens is 459 g/mol. The number of hydrogen-bond acceptors (Lipinski definition) is 11. The molecule has 0 aliphatic carbocycles. The van der Waals surface area contributed by atoms with Crippen molar-refractivity contribution in [2.75, 3.05) is 6.61 Å². The van der Waals surface area contributed by atoms with Gasteiger partial charge in [0.25, 0.3) is 0 Å². The molecule has 7 N–H and O–H groups in total. The molecule has 166 valence electrons. The maximum Gasteiger partial charge on any atom is 0.490 e. The number of phosphoric ester groups is 1. The lowest BCUT2D eigenvalue weighted by atomic mass is 10.2. The summed E-state index contributed by atoms with van der Waals surface area (Å²) < 4.78 is 50.8. The van der Waals surface area contributed by atoms with Crippen molar-refractivity contribution in [2.45, 2.75) is 31.8 Å². The molecule has 5 atom stereocenters. The Kier molecular flexibility index (Phi) is 7.28. The fraction of sp³-hybridized carbons (Fsp3) is 0.545. The van der Waals surface area contributed by atoms with Crippen LogP contribution >= 0.6 is 23.5 Å². The van der Waals surface area contributed by atoms with Crippen LogP contribution in [0.5, 0.6) is 0 Å². The van der Waals surface area contributed by atoms with Gasteiger partial charge in [0.15, 0.2) is 0 Å². The van der Waals surface area contributed by atoms with Gasteiger partial charge in [0, 0.05) is 18.2 Å². The summed E-state index contributed by atoms with van der Waals surface area (Å²) >= 11 is 0. The van der Waals surface area contributed by atoms with Crippen molar-refractivity contribution >= 4 is 29.3 Å². The van der Waals surface area contributed by atoms with E-state index in [1.54, 1.807) is 13.1 Å². The van der Waals surface area contributed by atoms with Gasteiger partial charge in [-0.3, -0.25) is 4.52 Å². The van der Waals surface area contributed by atoms with Crippen molar-refractivity contribution in [3.63, 3.8) is 0 Å².